The van der Waals surface area contributed by atoms with E-state index in [0.29, 0.717) is 12.8 Å². The second kappa shape index (κ2) is 5.81. The summed E-state index contributed by atoms with van der Waals surface area (Å²) < 4.78 is 24.1. The first-order valence-corrected chi connectivity index (χ1v) is 7.93. The minimum absolute atomic E-state index is 0.0543. The van der Waals surface area contributed by atoms with E-state index in [-0.39, 0.29) is 11.8 Å². The van der Waals surface area contributed by atoms with Crippen molar-refractivity contribution in [3.8, 4) is 0 Å². The highest BCUT2D eigenvalue weighted by Gasteiger charge is 2.16. The molecule has 0 aliphatic carbocycles. The van der Waals surface area contributed by atoms with Gasteiger partial charge in [0.2, 0.25) is 0 Å². The number of rotatable bonds is 6. The number of aryl methyl sites for hydroxylation is 2. The van der Waals surface area contributed by atoms with Crippen molar-refractivity contribution in [3.05, 3.63) is 17.0 Å². The van der Waals surface area contributed by atoms with Crippen LogP contribution in [0.3, 0.4) is 0 Å². The maximum Gasteiger partial charge on any atom is 0.147 e. The van der Waals surface area contributed by atoms with E-state index >= 15 is 0 Å². The Morgan fingerprint density at radius 3 is 2.44 bits per heavy atom. The molecule has 0 spiro atoms. The van der Waals surface area contributed by atoms with Crippen LogP contribution >= 0.6 is 0 Å². The van der Waals surface area contributed by atoms with Crippen LogP contribution in [0.5, 0.6) is 0 Å². The third-order valence-electron chi connectivity index (χ3n) is 3.18. The summed E-state index contributed by atoms with van der Waals surface area (Å²) in [6.07, 6.45) is 2.43. The molecule has 0 saturated carbocycles. The molecule has 104 valence electrons. The topological polar surface area (TPSA) is 90.0 Å². The van der Waals surface area contributed by atoms with Gasteiger partial charge in [0.15, 0.2) is 0 Å². The summed E-state index contributed by atoms with van der Waals surface area (Å²) in [5.41, 5.74) is 5.88. The van der Waals surface area contributed by atoms with Crippen molar-refractivity contribution in [3.63, 3.8) is 0 Å². The monoisotopic (exact) mass is 274 g/mol. The predicted octanol–water partition coefficient (Wildman–Crippen LogP) is -0.154. The van der Waals surface area contributed by atoms with Crippen molar-refractivity contribution in [2.45, 2.75) is 32.7 Å². The van der Waals surface area contributed by atoms with Gasteiger partial charge in [-0.1, -0.05) is 0 Å². The third-order valence-corrected chi connectivity index (χ3v) is 4.16. The average molecular weight is 274 g/mol. The zero-order valence-corrected chi connectivity index (χ0v) is 12.2. The van der Waals surface area contributed by atoms with Crippen LogP contribution in [-0.4, -0.2) is 36.2 Å². The van der Waals surface area contributed by atoms with Gasteiger partial charge in [0.25, 0.3) is 0 Å². The van der Waals surface area contributed by atoms with E-state index < -0.39 is 9.84 Å². The van der Waals surface area contributed by atoms with Crippen LogP contribution in [-0.2, 0) is 23.3 Å². The molecule has 1 aromatic rings. The van der Waals surface area contributed by atoms with Gasteiger partial charge >= 0.3 is 0 Å². The minimum atomic E-state index is -2.95. The lowest BCUT2D eigenvalue weighted by molar-refractivity contribution is 0.505. The lowest BCUT2D eigenvalue weighted by Crippen LogP contribution is -2.38. The van der Waals surface area contributed by atoms with Crippen molar-refractivity contribution in [1.29, 1.82) is 0 Å². The molecule has 1 unspecified atom stereocenters. The van der Waals surface area contributed by atoms with E-state index in [1.165, 1.54) is 6.26 Å². The van der Waals surface area contributed by atoms with Gasteiger partial charge in [0.05, 0.1) is 11.4 Å². The molecule has 1 rings (SSSR count). The highest BCUT2D eigenvalue weighted by atomic mass is 32.2. The van der Waals surface area contributed by atoms with Crippen molar-refractivity contribution in [2.24, 2.45) is 12.9 Å². The van der Waals surface area contributed by atoms with Crippen molar-refractivity contribution < 1.29 is 8.42 Å². The first-order valence-electron chi connectivity index (χ1n) is 5.87. The molecule has 0 bridgehead atoms. The number of hydrazine groups is 1. The SMILES string of the molecule is Cc1nn(C)c(C)c1CC(CCS(C)(=O)=O)NN. The van der Waals surface area contributed by atoms with E-state index in [2.05, 4.69) is 10.5 Å². The van der Waals surface area contributed by atoms with Crippen molar-refractivity contribution in [2.75, 3.05) is 12.0 Å². The van der Waals surface area contributed by atoms with Gasteiger partial charge in [-0.2, -0.15) is 5.10 Å². The fourth-order valence-corrected chi connectivity index (χ4v) is 2.67. The van der Waals surface area contributed by atoms with Gasteiger partial charge in [0, 0.05) is 25.0 Å². The minimum Gasteiger partial charge on any atom is -0.272 e. The van der Waals surface area contributed by atoms with Crippen molar-refractivity contribution >= 4 is 9.84 Å². The van der Waals surface area contributed by atoms with Gasteiger partial charge < -0.3 is 0 Å². The highest BCUT2D eigenvalue weighted by molar-refractivity contribution is 7.90. The number of hydrogen-bond acceptors (Lipinski definition) is 5. The Labute approximate surface area is 108 Å². The van der Waals surface area contributed by atoms with Gasteiger partial charge in [-0.25, -0.2) is 8.42 Å². The van der Waals surface area contributed by atoms with Crippen LogP contribution in [0.25, 0.3) is 0 Å². The molecule has 0 fully saturated rings. The van der Waals surface area contributed by atoms with E-state index in [9.17, 15) is 8.42 Å². The number of hydrogen-bond donors (Lipinski definition) is 2. The number of nitrogens with two attached hydrogens (primary N) is 1. The molecule has 0 aliphatic heterocycles. The second-order valence-electron chi connectivity index (χ2n) is 4.76. The average Bonchev–Trinajstić information content (AvgIpc) is 2.48. The third kappa shape index (κ3) is 4.08. The number of aromatic nitrogens is 2. The summed E-state index contributed by atoms with van der Waals surface area (Å²) in [6.45, 7) is 3.95. The lowest BCUT2D eigenvalue weighted by atomic mass is 10.0. The first kappa shape index (κ1) is 15.1. The maximum absolute atomic E-state index is 11.2. The van der Waals surface area contributed by atoms with Crippen LogP contribution < -0.4 is 11.3 Å². The molecule has 7 heteroatoms. The summed E-state index contributed by atoms with van der Waals surface area (Å²) in [5, 5.41) is 4.34. The molecule has 6 nitrogen and oxygen atoms in total. The molecule has 0 saturated heterocycles. The van der Waals surface area contributed by atoms with Gasteiger partial charge in [-0.3, -0.25) is 16.0 Å². The zero-order chi connectivity index (χ0) is 13.9. The Kier molecular flexibility index (Phi) is 4.89. The summed E-state index contributed by atoms with van der Waals surface area (Å²) >= 11 is 0. The number of sulfone groups is 1. The van der Waals surface area contributed by atoms with Crippen LogP contribution in [0.4, 0.5) is 0 Å². The fourth-order valence-electron chi connectivity index (χ4n) is 1.96. The zero-order valence-electron chi connectivity index (χ0n) is 11.4. The molecule has 0 aliphatic rings. The second-order valence-corrected chi connectivity index (χ2v) is 7.02. The molecule has 1 aromatic heterocycles. The molecular formula is C11H22N4O2S. The van der Waals surface area contributed by atoms with E-state index in [1.54, 1.807) is 0 Å². The largest absolute Gasteiger partial charge is 0.272 e. The molecule has 1 heterocycles. The van der Waals surface area contributed by atoms with E-state index in [1.807, 2.05) is 25.6 Å². The van der Waals surface area contributed by atoms with E-state index in [0.717, 1.165) is 17.0 Å². The molecule has 18 heavy (non-hydrogen) atoms. The molecule has 0 amide bonds. The standard InChI is InChI=1S/C11H22N4O2S/c1-8-11(9(2)15(3)14-8)7-10(13-12)5-6-18(4,16)17/h10,13H,5-7,12H2,1-4H3. The summed E-state index contributed by atoms with van der Waals surface area (Å²) in [5.74, 6) is 5.62. The van der Waals surface area contributed by atoms with Crippen LogP contribution in [0.2, 0.25) is 0 Å². The normalized spacial score (nSPS) is 13.8. The highest BCUT2D eigenvalue weighted by Crippen LogP contribution is 2.15. The molecular weight excluding hydrogens is 252 g/mol. The lowest BCUT2D eigenvalue weighted by Gasteiger charge is -2.15. The van der Waals surface area contributed by atoms with Crippen molar-refractivity contribution in [1.82, 2.24) is 15.2 Å². The van der Waals surface area contributed by atoms with Crippen LogP contribution in [0, 0.1) is 13.8 Å². The van der Waals surface area contributed by atoms with E-state index in [4.69, 9.17) is 5.84 Å². The van der Waals surface area contributed by atoms with Crippen LogP contribution in [0.1, 0.15) is 23.4 Å². The Balaban J connectivity index is 2.74. The molecule has 0 aromatic carbocycles. The quantitative estimate of drug-likeness (QED) is 0.556. The Bertz CT molecular complexity index is 507. The molecule has 3 N–H and O–H groups in total. The van der Waals surface area contributed by atoms with Gasteiger partial charge in [0.1, 0.15) is 9.84 Å². The number of nitrogens with zero attached hydrogens (tertiary/aromatic N) is 2. The van der Waals surface area contributed by atoms with Gasteiger partial charge in [-0.05, 0) is 32.3 Å². The smallest absolute Gasteiger partial charge is 0.147 e. The fraction of sp³-hybridized carbons (Fsp3) is 0.727. The summed E-state index contributed by atoms with van der Waals surface area (Å²) in [6, 6.07) is -0.0543. The first-order chi connectivity index (χ1) is 8.24. The predicted molar refractivity (Wildman–Crippen MR) is 71.8 cm³/mol. The van der Waals surface area contributed by atoms with Gasteiger partial charge in [-0.15, -0.1) is 0 Å². The Morgan fingerprint density at radius 2 is 2.06 bits per heavy atom. The Hall–Kier alpha value is -0.920. The summed E-state index contributed by atoms with van der Waals surface area (Å²) in [4.78, 5) is 0. The molecule has 1 atom stereocenters. The molecule has 0 radical (unpaired) electrons. The Morgan fingerprint density at radius 1 is 1.44 bits per heavy atom. The number of nitrogens with one attached hydrogen (secondary N) is 1. The maximum atomic E-state index is 11.2. The summed E-state index contributed by atoms with van der Waals surface area (Å²) in [7, 11) is -1.06. The van der Waals surface area contributed by atoms with Crippen LogP contribution in [0.15, 0.2) is 0 Å².